The number of hydrogen-bond acceptors (Lipinski definition) is 6. The first-order valence-electron chi connectivity index (χ1n) is 8.77. The second kappa shape index (κ2) is 7.45. The summed E-state index contributed by atoms with van der Waals surface area (Å²) in [5.74, 6) is 0.871. The lowest BCUT2D eigenvalue weighted by Crippen LogP contribution is -2.48. The van der Waals surface area contributed by atoms with Gasteiger partial charge in [0, 0.05) is 31.7 Å². The fraction of sp³-hybridized carbons (Fsp3) is 0.263. The number of amides is 1. The summed E-state index contributed by atoms with van der Waals surface area (Å²) in [4.78, 5) is 17.0. The Balaban J connectivity index is 1.45. The predicted octanol–water partition coefficient (Wildman–Crippen LogP) is 1.63. The van der Waals surface area contributed by atoms with Gasteiger partial charge in [0.2, 0.25) is 0 Å². The molecule has 1 aromatic heterocycles. The van der Waals surface area contributed by atoms with Crippen molar-refractivity contribution in [3.05, 3.63) is 60.4 Å². The molecule has 3 aromatic rings. The maximum Gasteiger partial charge on any atom is 0.254 e. The summed E-state index contributed by atoms with van der Waals surface area (Å²) in [7, 11) is 1.68. The molecule has 2 heterocycles. The Morgan fingerprint density at radius 1 is 1.04 bits per heavy atom. The number of tetrazole rings is 1. The molecule has 0 spiro atoms. The van der Waals surface area contributed by atoms with E-state index in [1.54, 1.807) is 7.11 Å². The van der Waals surface area contributed by atoms with Crippen LogP contribution in [-0.2, 0) is 0 Å². The molecule has 4 rings (SSSR count). The zero-order valence-electron chi connectivity index (χ0n) is 15.0. The normalized spacial score (nSPS) is 14.3. The summed E-state index contributed by atoms with van der Waals surface area (Å²) in [6.07, 6.45) is 1.51. The van der Waals surface area contributed by atoms with Crippen molar-refractivity contribution in [2.45, 2.75) is 0 Å². The van der Waals surface area contributed by atoms with Crippen molar-refractivity contribution in [3.8, 4) is 11.4 Å². The van der Waals surface area contributed by atoms with Crippen molar-refractivity contribution < 1.29 is 9.53 Å². The number of rotatable bonds is 4. The van der Waals surface area contributed by atoms with Crippen molar-refractivity contribution >= 4 is 11.6 Å². The molecule has 1 aliphatic rings. The van der Waals surface area contributed by atoms with Crippen LogP contribution in [0.3, 0.4) is 0 Å². The minimum atomic E-state index is 0.0181. The molecule has 1 aliphatic heterocycles. The fourth-order valence-electron chi connectivity index (χ4n) is 3.29. The highest BCUT2D eigenvalue weighted by atomic mass is 16.5. The van der Waals surface area contributed by atoms with Crippen molar-refractivity contribution in [1.29, 1.82) is 0 Å². The summed E-state index contributed by atoms with van der Waals surface area (Å²) in [5.41, 5.74) is 2.46. The van der Waals surface area contributed by atoms with E-state index < -0.39 is 0 Å². The number of hydrogen-bond donors (Lipinski definition) is 0. The fourth-order valence-corrected chi connectivity index (χ4v) is 3.29. The highest BCUT2D eigenvalue weighted by molar-refractivity contribution is 5.95. The summed E-state index contributed by atoms with van der Waals surface area (Å²) < 4.78 is 6.99. The van der Waals surface area contributed by atoms with Gasteiger partial charge in [-0.3, -0.25) is 4.79 Å². The quantitative estimate of drug-likeness (QED) is 0.700. The van der Waals surface area contributed by atoms with E-state index in [0.29, 0.717) is 18.7 Å². The molecule has 0 atom stereocenters. The number of aromatic nitrogens is 4. The average Bonchev–Trinajstić information content (AvgIpc) is 3.28. The lowest BCUT2D eigenvalue weighted by Gasteiger charge is -2.36. The lowest BCUT2D eigenvalue weighted by atomic mass is 10.1. The van der Waals surface area contributed by atoms with Crippen LogP contribution in [0.1, 0.15) is 10.4 Å². The van der Waals surface area contributed by atoms with Gasteiger partial charge in [0.15, 0.2) is 0 Å². The van der Waals surface area contributed by atoms with Crippen LogP contribution in [0.2, 0.25) is 0 Å². The third-order valence-electron chi connectivity index (χ3n) is 4.70. The molecule has 1 saturated heterocycles. The number of benzene rings is 2. The van der Waals surface area contributed by atoms with Crippen LogP contribution in [0.25, 0.3) is 5.69 Å². The monoisotopic (exact) mass is 364 g/mol. The maximum absolute atomic E-state index is 12.9. The van der Waals surface area contributed by atoms with Gasteiger partial charge < -0.3 is 14.5 Å². The Hall–Kier alpha value is -3.42. The lowest BCUT2D eigenvalue weighted by molar-refractivity contribution is 0.0746. The molecule has 1 amide bonds. The zero-order valence-corrected chi connectivity index (χ0v) is 15.0. The van der Waals surface area contributed by atoms with Crippen molar-refractivity contribution in [3.63, 3.8) is 0 Å². The zero-order chi connectivity index (χ0) is 18.6. The first-order chi connectivity index (χ1) is 13.3. The molecule has 2 aromatic carbocycles. The Morgan fingerprint density at radius 3 is 2.59 bits per heavy atom. The molecule has 0 saturated carbocycles. The third kappa shape index (κ3) is 3.46. The smallest absolute Gasteiger partial charge is 0.254 e. The number of methoxy groups -OCH3 is 1. The van der Waals surface area contributed by atoms with Crippen LogP contribution in [0, 0.1) is 0 Å². The van der Waals surface area contributed by atoms with Gasteiger partial charge in [0.25, 0.3) is 5.91 Å². The van der Waals surface area contributed by atoms with Crippen LogP contribution in [0.5, 0.6) is 5.75 Å². The number of piperazine rings is 1. The maximum atomic E-state index is 12.9. The van der Waals surface area contributed by atoms with Crippen LogP contribution in [-0.4, -0.2) is 64.3 Å². The number of carbonyl (C=O) groups is 1. The molecular formula is C19H20N6O2. The Kier molecular flexibility index (Phi) is 4.69. The molecule has 8 nitrogen and oxygen atoms in total. The molecule has 0 unspecified atom stereocenters. The molecule has 0 aliphatic carbocycles. The van der Waals surface area contributed by atoms with Crippen molar-refractivity contribution in [2.24, 2.45) is 0 Å². The van der Waals surface area contributed by atoms with E-state index in [4.69, 9.17) is 4.74 Å². The molecule has 0 bridgehead atoms. The minimum absolute atomic E-state index is 0.0181. The van der Waals surface area contributed by atoms with Crippen molar-refractivity contribution in [2.75, 3.05) is 38.2 Å². The Bertz CT molecular complexity index is 919. The molecule has 8 heteroatoms. The van der Waals surface area contributed by atoms with Gasteiger partial charge in [-0.05, 0) is 40.8 Å². The average molecular weight is 364 g/mol. The van der Waals surface area contributed by atoms with E-state index in [9.17, 15) is 4.79 Å². The highest BCUT2D eigenvalue weighted by Gasteiger charge is 2.24. The Morgan fingerprint density at radius 2 is 1.85 bits per heavy atom. The van der Waals surface area contributed by atoms with E-state index in [1.807, 2.05) is 53.4 Å². The minimum Gasteiger partial charge on any atom is -0.495 e. The van der Waals surface area contributed by atoms with Gasteiger partial charge in [-0.25, -0.2) is 4.68 Å². The number of anilines is 1. The first-order valence-corrected chi connectivity index (χ1v) is 8.77. The number of para-hydroxylation sites is 2. The molecule has 138 valence electrons. The summed E-state index contributed by atoms with van der Waals surface area (Å²) in [6, 6.07) is 15.3. The van der Waals surface area contributed by atoms with E-state index in [1.165, 1.54) is 11.0 Å². The largest absolute Gasteiger partial charge is 0.495 e. The van der Waals surface area contributed by atoms with Crippen LogP contribution < -0.4 is 9.64 Å². The summed E-state index contributed by atoms with van der Waals surface area (Å²) in [5, 5.41) is 11.1. The molecule has 0 N–H and O–H groups in total. The van der Waals surface area contributed by atoms with Gasteiger partial charge in [-0.1, -0.05) is 18.2 Å². The third-order valence-corrected chi connectivity index (χ3v) is 4.70. The van der Waals surface area contributed by atoms with E-state index in [0.717, 1.165) is 30.2 Å². The SMILES string of the molecule is COc1ccccc1N1CCN(C(=O)c2cccc(-n3cnnn3)c2)CC1. The van der Waals surface area contributed by atoms with E-state index in [2.05, 4.69) is 20.4 Å². The van der Waals surface area contributed by atoms with E-state index >= 15 is 0 Å². The van der Waals surface area contributed by atoms with Crippen LogP contribution in [0.4, 0.5) is 5.69 Å². The number of nitrogens with zero attached hydrogens (tertiary/aromatic N) is 6. The molecule has 27 heavy (non-hydrogen) atoms. The number of ether oxygens (including phenoxy) is 1. The Labute approximate surface area is 157 Å². The predicted molar refractivity (Wildman–Crippen MR) is 100 cm³/mol. The van der Waals surface area contributed by atoms with Gasteiger partial charge >= 0.3 is 0 Å². The van der Waals surface area contributed by atoms with Gasteiger partial charge in [0.1, 0.15) is 12.1 Å². The molecule has 0 radical (unpaired) electrons. The van der Waals surface area contributed by atoms with E-state index in [-0.39, 0.29) is 5.91 Å². The molecule has 1 fully saturated rings. The highest BCUT2D eigenvalue weighted by Crippen LogP contribution is 2.28. The van der Waals surface area contributed by atoms with Gasteiger partial charge in [-0.2, -0.15) is 0 Å². The number of carbonyl (C=O) groups excluding carboxylic acids is 1. The van der Waals surface area contributed by atoms with Crippen LogP contribution in [0.15, 0.2) is 54.9 Å². The topological polar surface area (TPSA) is 76.4 Å². The second-order valence-corrected chi connectivity index (χ2v) is 6.26. The van der Waals surface area contributed by atoms with Crippen molar-refractivity contribution in [1.82, 2.24) is 25.1 Å². The van der Waals surface area contributed by atoms with Gasteiger partial charge in [0.05, 0.1) is 18.5 Å². The van der Waals surface area contributed by atoms with Crippen LogP contribution >= 0.6 is 0 Å². The summed E-state index contributed by atoms with van der Waals surface area (Å²) in [6.45, 7) is 2.84. The second-order valence-electron chi connectivity index (χ2n) is 6.26. The molecular weight excluding hydrogens is 344 g/mol. The van der Waals surface area contributed by atoms with Gasteiger partial charge in [-0.15, -0.1) is 5.10 Å². The summed E-state index contributed by atoms with van der Waals surface area (Å²) >= 11 is 0. The first kappa shape index (κ1) is 17.0. The standard InChI is InChI=1S/C19H20N6O2/c1-27-18-8-3-2-7-17(18)23-9-11-24(12-10-23)19(26)15-5-4-6-16(13-15)25-14-20-21-22-25/h2-8,13-14H,9-12H2,1H3.